The molecule has 0 aliphatic heterocycles. The van der Waals surface area contributed by atoms with Crippen molar-refractivity contribution in [1.29, 1.82) is 0 Å². The van der Waals surface area contributed by atoms with Gasteiger partial charge in [0.15, 0.2) is 0 Å². The molecule has 0 aliphatic rings. The highest BCUT2D eigenvalue weighted by Gasteiger charge is 2.06. The second-order valence-corrected chi connectivity index (χ2v) is 5.87. The lowest BCUT2D eigenvalue weighted by molar-refractivity contribution is 1.02. The van der Waals surface area contributed by atoms with Crippen LogP contribution in [-0.2, 0) is 0 Å². The Balaban J connectivity index is 1.48. The summed E-state index contributed by atoms with van der Waals surface area (Å²) in [6.45, 7) is 0. The molecule has 0 saturated heterocycles. The molecule has 5 rings (SSSR count). The van der Waals surface area contributed by atoms with E-state index in [4.69, 9.17) is 0 Å². The number of nitrogens with zero attached hydrogens (tertiary/aromatic N) is 5. The summed E-state index contributed by atoms with van der Waals surface area (Å²) in [6.07, 6.45) is 5.14. The highest BCUT2D eigenvalue weighted by atomic mass is 15.1. The molecule has 2 aromatic carbocycles. The minimum absolute atomic E-state index is 0.762. The summed E-state index contributed by atoms with van der Waals surface area (Å²) in [7, 11) is 0. The zero-order valence-corrected chi connectivity index (χ0v) is 13.7. The van der Waals surface area contributed by atoms with Crippen LogP contribution in [0.4, 0.5) is 11.5 Å². The first-order valence-corrected chi connectivity index (χ1v) is 8.24. The Hall–Kier alpha value is -3.80. The summed E-state index contributed by atoms with van der Waals surface area (Å²) in [4.78, 5) is 17.6. The first-order valence-electron chi connectivity index (χ1n) is 8.24. The standard InChI is InChI=1S/C20H14N6/c1-2-6-16-15(5-1)20(23-12-22-16)25-14-9-10-19(21-11-14)26-13-24-17-7-3-4-8-18(17)26/h1-13H,(H,22,23,25). The van der Waals surface area contributed by atoms with Gasteiger partial charge in [-0.3, -0.25) is 4.57 Å². The van der Waals surface area contributed by atoms with Gasteiger partial charge >= 0.3 is 0 Å². The number of hydrogen-bond donors (Lipinski definition) is 1. The third-order valence-electron chi connectivity index (χ3n) is 4.25. The molecule has 0 fully saturated rings. The van der Waals surface area contributed by atoms with Crippen LogP contribution in [0.1, 0.15) is 0 Å². The van der Waals surface area contributed by atoms with Gasteiger partial charge in [0.1, 0.15) is 24.3 Å². The maximum absolute atomic E-state index is 4.56. The van der Waals surface area contributed by atoms with E-state index in [0.29, 0.717) is 0 Å². The van der Waals surface area contributed by atoms with Gasteiger partial charge < -0.3 is 5.32 Å². The van der Waals surface area contributed by atoms with Crippen LogP contribution in [-0.4, -0.2) is 24.5 Å². The number of rotatable bonds is 3. The molecule has 6 nitrogen and oxygen atoms in total. The fourth-order valence-electron chi connectivity index (χ4n) is 2.99. The molecule has 0 atom stereocenters. The Morgan fingerprint density at radius 3 is 2.46 bits per heavy atom. The van der Waals surface area contributed by atoms with Crippen molar-refractivity contribution in [3.8, 4) is 5.82 Å². The molecule has 6 heteroatoms. The number of hydrogen-bond acceptors (Lipinski definition) is 5. The van der Waals surface area contributed by atoms with Gasteiger partial charge in [0.25, 0.3) is 0 Å². The predicted octanol–water partition coefficient (Wildman–Crippen LogP) is 4.11. The first-order chi connectivity index (χ1) is 12.9. The molecule has 1 N–H and O–H groups in total. The largest absolute Gasteiger partial charge is 0.338 e. The second-order valence-electron chi connectivity index (χ2n) is 5.87. The van der Waals surface area contributed by atoms with E-state index in [0.717, 1.165) is 39.3 Å². The Morgan fingerprint density at radius 2 is 1.58 bits per heavy atom. The maximum Gasteiger partial charge on any atom is 0.141 e. The van der Waals surface area contributed by atoms with E-state index in [1.807, 2.05) is 65.2 Å². The quantitative estimate of drug-likeness (QED) is 0.536. The van der Waals surface area contributed by atoms with E-state index in [9.17, 15) is 0 Å². The molecule has 0 aliphatic carbocycles. The summed E-state index contributed by atoms with van der Waals surface area (Å²) >= 11 is 0. The molecule has 3 aromatic heterocycles. The van der Waals surface area contributed by atoms with Gasteiger partial charge in [0, 0.05) is 5.39 Å². The number of aromatic nitrogens is 5. The predicted molar refractivity (Wildman–Crippen MR) is 102 cm³/mol. The molecule has 0 bridgehead atoms. The van der Waals surface area contributed by atoms with E-state index >= 15 is 0 Å². The number of imidazole rings is 1. The summed E-state index contributed by atoms with van der Waals surface area (Å²) in [6, 6.07) is 19.8. The smallest absolute Gasteiger partial charge is 0.141 e. The summed E-state index contributed by atoms with van der Waals surface area (Å²) in [5.41, 5.74) is 3.74. The summed E-state index contributed by atoms with van der Waals surface area (Å²) in [5.74, 6) is 1.58. The van der Waals surface area contributed by atoms with Gasteiger partial charge in [-0.2, -0.15) is 0 Å². The average Bonchev–Trinajstić information content (AvgIpc) is 3.13. The molecule has 5 aromatic rings. The highest BCUT2D eigenvalue weighted by molar-refractivity contribution is 5.90. The van der Waals surface area contributed by atoms with Gasteiger partial charge in [0.2, 0.25) is 0 Å². The van der Waals surface area contributed by atoms with E-state index in [1.54, 1.807) is 18.9 Å². The fraction of sp³-hybridized carbons (Fsp3) is 0. The molecular weight excluding hydrogens is 324 g/mol. The molecule has 0 unspecified atom stereocenters. The number of anilines is 2. The number of benzene rings is 2. The molecule has 0 saturated carbocycles. The number of para-hydroxylation sites is 3. The molecule has 0 amide bonds. The molecule has 124 valence electrons. The first kappa shape index (κ1) is 14.5. The van der Waals surface area contributed by atoms with Crippen molar-refractivity contribution in [2.45, 2.75) is 0 Å². The monoisotopic (exact) mass is 338 g/mol. The molecular formula is C20H14N6. The van der Waals surface area contributed by atoms with Crippen LogP contribution >= 0.6 is 0 Å². The number of pyridine rings is 1. The zero-order chi connectivity index (χ0) is 17.3. The van der Waals surface area contributed by atoms with Crippen LogP contribution in [0.2, 0.25) is 0 Å². The van der Waals surface area contributed by atoms with Crippen molar-refractivity contribution < 1.29 is 0 Å². The van der Waals surface area contributed by atoms with Crippen LogP contribution in [0.15, 0.2) is 79.5 Å². The van der Waals surface area contributed by atoms with Gasteiger partial charge in [-0.15, -0.1) is 0 Å². The topological polar surface area (TPSA) is 68.5 Å². The molecule has 26 heavy (non-hydrogen) atoms. The zero-order valence-electron chi connectivity index (χ0n) is 13.7. The van der Waals surface area contributed by atoms with Crippen molar-refractivity contribution in [3.05, 3.63) is 79.5 Å². The Kier molecular flexibility index (Phi) is 3.31. The van der Waals surface area contributed by atoms with Crippen LogP contribution < -0.4 is 5.32 Å². The van der Waals surface area contributed by atoms with Crippen LogP contribution in [0.5, 0.6) is 0 Å². The Morgan fingerprint density at radius 1 is 0.731 bits per heavy atom. The van der Waals surface area contributed by atoms with Crippen molar-refractivity contribution in [2.75, 3.05) is 5.32 Å². The van der Waals surface area contributed by atoms with Gasteiger partial charge in [0.05, 0.1) is 28.4 Å². The Bertz CT molecular complexity index is 1200. The van der Waals surface area contributed by atoms with Gasteiger partial charge in [-0.05, 0) is 36.4 Å². The van der Waals surface area contributed by atoms with Crippen molar-refractivity contribution in [3.63, 3.8) is 0 Å². The summed E-state index contributed by atoms with van der Waals surface area (Å²) < 4.78 is 1.97. The minimum Gasteiger partial charge on any atom is -0.338 e. The van der Waals surface area contributed by atoms with E-state index in [1.165, 1.54) is 0 Å². The molecule has 0 spiro atoms. The van der Waals surface area contributed by atoms with Crippen molar-refractivity contribution in [1.82, 2.24) is 24.5 Å². The maximum atomic E-state index is 4.56. The lowest BCUT2D eigenvalue weighted by Crippen LogP contribution is -1.99. The van der Waals surface area contributed by atoms with Crippen molar-refractivity contribution >= 4 is 33.4 Å². The van der Waals surface area contributed by atoms with E-state index in [2.05, 4.69) is 25.3 Å². The highest BCUT2D eigenvalue weighted by Crippen LogP contribution is 2.23. The van der Waals surface area contributed by atoms with Gasteiger partial charge in [-0.1, -0.05) is 24.3 Å². The van der Waals surface area contributed by atoms with Crippen LogP contribution in [0.25, 0.3) is 27.8 Å². The Labute approximate surface area is 149 Å². The number of fused-ring (bicyclic) bond motifs is 2. The van der Waals surface area contributed by atoms with E-state index < -0.39 is 0 Å². The average molecular weight is 338 g/mol. The summed E-state index contributed by atoms with van der Waals surface area (Å²) in [5, 5.41) is 4.29. The normalized spacial score (nSPS) is 11.1. The second kappa shape index (κ2) is 5.93. The molecule has 0 radical (unpaired) electrons. The number of nitrogens with one attached hydrogen (secondary N) is 1. The van der Waals surface area contributed by atoms with Crippen LogP contribution in [0.3, 0.4) is 0 Å². The van der Waals surface area contributed by atoms with Gasteiger partial charge in [-0.25, -0.2) is 19.9 Å². The third kappa shape index (κ3) is 2.44. The van der Waals surface area contributed by atoms with Crippen molar-refractivity contribution in [2.24, 2.45) is 0 Å². The van der Waals surface area contributed by atoms with Crippen LogP contribution in [0, 0.1) is 0 Å². The van der Waals surface area contributed by atoms with E-state index in [-0.39, 0.29) is 0 Å². The lowest BCUT2D eigenvalue weighted by Gasteiger charge is -2.09. The third-order valence-corrected chi connectivity index (χ3v) is 4.25. The minimum atomic E-state index is 0.762. The SMILES string of the molecule is c1ccc2c(Nc3ccc(-n4cnc5ccccc54)nc3)ncnc2c1. The fourth-order valence-corrected chi connectivity index (χ4v) is 2.99. The lowest BCUT2D eigenvalue weighted by atomic mass is 10.2. The molecule has 3 heterocycles.